The predicted molar refractivity (Wildman–Crippen MR) is 68.0 cm³/mol. The molecule has 0 amide bonds. The van der Waals surface area contributed by atoms with Crippen molar-refractivity contribution in [3.05, 3.63) is 30.1 Å². The first-order valence-corrected chi connectivity index (χ1v) is 6.47. The van der Waals surface area contributed by atoms with E-state index < -0.39 is 0 Å². The van der Waals surface area contributed by atoms with Crippen molar-refractivity contribution in [3.8, 4) is 0 Å². The Bertz CT molecular complexity index is 512. The molecule has 1 aliphatic heterocycles. The molecule has 0 bridgehead atoms. The van der Waals surface area contributed by atoms with Gasteiger partial charge in [-0.2, -0.15) is 0 Å². The molecule has 1 atom stereocenters. The van der Waals surface area contributed by atoms with Crippen molar-refractivity contribution < 1.29 is 4.74 Å². The third-order valence-electron chi connectivity index (χ3n) is 3.35. The summed E-state index contributed by atoms with van der Waals surface area (Å²) in [5.74, 6) is 1.12. The molecule has 2 heterocycles. The minimum absolute atomic E-state index is 0.203. The van der Waals surface area contributed by atoms with Crippen LogP contribution in [-0.2, 0) is 11.3 Å². The number of hydrogen-bond donors (Lipinski definition) is 0. The Morgan fingerprint density at radius 2 is 2.29 bits per heavy atom. The second-order valence-electron chi connectivity index (χ2n) is 4.61. The third kappa shape index (κ3) is 1.84. The fourth-order valence-corrected chi connectivity index (χ4v) is 2.58. The second kappa shape index (κ2) is 4.49. The van der Waals surface area contributed by atoms with Gasteiger partial charge in [0.15, 0.2) is 0 Å². The standard InChI is InChI=1S/C14H18N2O/c1-2-9-16-12-7-4-3-6-11(12)15-14(16)13-8-5-10-17-13/h3-4,6-7,13H,2,5,8-10H2,1H3/t13-/m0/s1. The predicted octanol–water partition coefficient (Wildman–Crippen LogP) is 3.30. The molecule has 1 saturated heterocycles. The molecule has 0 unspecified atom stereocenters. The third-order valence-corrected chi connectivity index (χ3v) is 3.35. The molecule has 1 aromatic heterocycles. The number of hydrogen-bond acceptors (Lipinski definition) is 2. The summed E-state index contributed by atoms with van der Waals surface area (Å²) in [4.78, 5) is 4.75. The summed E-state index contributed by atoms with van der Waals surface area (Å²) in [6, 6.07) is 8.36. The summed E-state index contributed by atoms with van der Waals surface area (Å²) >= 11 is 0. The highest BCUT2D eigenvalue weighted by molar-refractivity contribution is 5.76. The lowest BCUT2D eigenvalue weighted by Gasteiger charge is -2.12. The van der Waals surface area contributed by atoms with Crippen LogP contribution in [0.25, 0.3) is 11.0 Å². The van der Waals surface area contributed by atoms with Gasteiger partial charge < -0.3 is 9.30 Å². The molecule has 0 saturated carbocycles. The Labute approximate surface area is 101 Å². The van der Waals surface area contributed by atoms with Crippen molar-refractivity contribution >= 4 is 11.0 Å². The minimum atomic E-state index is 0.203. The summed E-state index contributed by atoms with van der Waals surface area (Å²) in [6.45, 7) is 4.10. The average Bonchev–Trinajstić information content (AvgIpc) is 2.97. The van der Waals surface area contributed by atoms with Crippen LogP contribution in [-0.4, -0.2) is 16.2 Å². The van der Waals surface area contributed by atoms with Crippen LogP contribution >= 0.6 is 0 Å². The van der Waals surface area contributed by atoms with Gasteiger partial charge in [-0.1, -0.05) is 19.1 Å². The Morgan fingerprint density at radius 1 is 1.41 bits per heavy atom. The van der Waals surface area contributed by atoms with E-state index in [1.54, 1.807) is 0 Å². The molecule has 0 spiro atoms. The van der Waals surface area contributed by atoms with E-state index in [0.29, 0.717) is 0 Å². The quantitative estimate of drug-likeness (QED) is 0.809. The molecular weight excluding hydrogens is 212 g/mol. The highest BCUT2D eigenvalue weighted by Crippen LogP contribution is 2.30. The normalized spacial score (nSPS) is 20.2. The monoisotopic (exact) mass is 230 g/mol. The molecule has 90 valence electrons. The molecule has 0 aliphatic carbocycles. The lowest BCUT2D eigenvalue weighted by atomic mass is 10.2. The SMILES string of the molecule is CCCn1c([C@@H]2CCCO2)nc2ccccc21. The molecule has 0 N–H and O–H groups in total. The van der Waals surface area contributed by atoms with Gasteiger partial charge in [-0.3, -0.25) is 0 Å². The van der Waals surface area contributed by atoms with Crippen LogP contribution in [0.1, 0.15) is 38.1 Å². The number of nitrogens with zero attached hydrogens (tertiary/aromatic N) is 2. The molecule has 1 fully saturated rings. The lowest BCUT2D eigenvalue weighted by molar-refractivity contribution is 0.102. The van der Waals surface area contributed by atoms with Gasteiger partial charge in [0.2, 0.25) is 0 Å². The summed E-state index contributed by atoms with van der Waals surface area (Å²) in [6.07, 6.45) is 3.58. The molecule has 3 heteroatoms. The molecule has 3 rings (SSSR count). The maximum Gasteiger partial charge on any atom is 0.139 e. The van der Waals surface area contributed by atoms with Crippen molar-refractivity contribution in [1.82, 2.24) is 9.55 Å². The fourth-order valence-electron chi connectivity index (χ4n) is 2.58. The van der Waals surface area contributed by atoms with Crippen molar-refractivity contribution in [1.29, 1.82) is 0 Å². The van der Waals surface area contributed by atoms with Crippen LogP contribution in [0.3, 0.4) is 0 Å². The van der Waals surface area contributed by atoms with E-state index in [4.69, 9.17) is 9.72 Å². The van der Waals surface area contributed by atoms with Gasteiger partial charge >= 0.3 is 0 Å². The maximum absolute atomic E-state index is 5.77. The Morgan fingerprint density at radius 3 is 3.06 bits per heavy atom. The summed E-state index contributed by atoms with van der Waals surface area (Å²) in [7, 11) is 0. The van der Waals surface area contributed by atoms with E-state index in [1.165, 1.54) is 5.52 Å². The summed E-state index contributed by atoms with van der Waals surface area (Å²) in [5.41, 5.74) is 2.33. The van der Waals surface area contributed by atoms with Crippen LogP contribution in [0.5, 0.6) is 0 Å². The molecule has 3 nitrogen and oxygen atoms in total. The maximum atomic E-state index is 5.77. The van der Waals surface area contributed by atoms with Crippen LogP contribution in [0.15, 0.2) is 24.3 Å². The molecule has 17 heavy (non-hydrogen) atoms. The van der Waals surface area contributed by atoms with E-state index in [-0.39, 0.29) is 6.10 Å². The van der Waals surface area contributed by atoms with Crippen molar-refractivity contribution in [2.45, 2.75) is 38.8 Å². The van der Waals surface area contributed by atoms with Crippen LogP contribution in [0.2, 0.25) is 0 Å². The zero-order valence-corrected chi connectivity index (χ0v) is 10.2. The zero-order valence-electron chi connectivity index (χ0n) is 10.2. The first kappa shape index (κ1) is 10.8. The number of ether oxygens (including phenoxy) is 1. The minimum Gasteiger partial charge on any atom is -0.370 e. The lowest BCUT2D eigenvalue weighted by Crippen LogP contribution is -2.08. The summed E-state index contributed by atoms with van der Waals surface area (Å²) < 4.78 is 8.10. The number of aromatic nitrogens is 2. The van der Waals surface area contributed by atoms with Gasteiger partial charge in [-0.25, -0.2) is 4.98 Å². The van der Waals surface area contributed by atoms with E-state index >= 15 is 0 Å². The van der Waals surface area contributed by atoms with Crippen LogP contribution in [0, 0.1) is 0 Å². The molecule has 2 aromatic rings. The number of imidazole rings is 1. The van der Waals surface area contributed by atoms with Crippen LogP contribution < -0.4 is 0 Å². The number of para-hydroxylation sites is 2. The second-order valence-corrected chi connectivity index (χ2v) is 4.61. The number of fused-ring (bicyclic) bond motifs is 1. The van der Waals surface area contributed by atoms with Crippen molar-refractivity contribution in [2.75, 3.05) is 6.61 Å². The Kier molecular flexibility index (Phi) is 2.85. The number of benzene rings is 1. The molecule has 0 radical (unpaired) electrons. The van der Waals surface area contributed by atoms with E-state index in [9.17, 15) is 0 Å². The molecular formula is C14H18N2O. The highest BCUT2D eigenvalue weighted by atomic mass is 16.5. The van der Waals surface area contributed by atoms with Crippen molar-refractivity contribution in [2.24, 2.45) is 0 Å². The highest BCUT2D eigenvalue weighted by Gasteiger charge is 2.23. The zero-order chi connectivity index (χ0) is 11.7. The van der Waals surface area contributed by atoms with Gasteiger partial charge in [-0.05, 0) is 31.4 Å². The topological polar surface area (TPSA) is 27.1 Å². The average molecular weight is 230 g/mol. The van der Waals surface area contributed by atoms with Gasteiger partial charge in [0.05, 0.1) is 11.0 Å². The van der Waals surface area contributed by atoms with E-state index in [2.05, 4.69) is 29.7 Å². The van der Waals surface area contributed by atoms with Gasteiger partial charge in [-0.15, -0.1) is 0 Å². The Hall–Kier alpha value is -1.35. The Balaban J connectivity index is 2.11. The first-order chi connectivity index (χ1) is 8.40. The smallest absolute Gasteiger partial charge is 0.139 e. The van der Waals surface area contributed by atoms with E-state index in [1.807, 2.05) is 6.07 Å². The van der Waals surface area contributed by atoms with Gasteiger partial charge in [0.25, 0.3) is 0 Å². The summed E-state index contributed by atoms with van der Waals surface area (Å²) in [5, 5.41) is 0. The van der Waals surface area contributed by atoms with Crippen LogP contribution in [0.4, 0.5) is 0 Å². The van der Waals surface area contributed by atoms with Crippen molar-refractivity contribution in [3.63, 3.8) is 0 Å². The fraction of sp³-hybridized carbons (Fsp3) is 0.500. The van der Waals surface area contributed by atoms with E-state index in [0.717, 1.165) is 43.8 Å². The number of rotatable bonds is 3. The van der Waals surface area contributed by atoms with Gasteiger partial charge in [0.1, 0.15) is 11.9 Å². The molecule has 1 aromatic carbocycles. The first-order valence-electron chi connectivity index (χ1n) is 6.47. The largest absolute Gasteiger partial charge is 0.370 e. The molecule has 1 aliphatic rings. The number of aryl methyl sites for hydroxylation is 1. The van der Waals surface area contributed by atoms with Gasteiger partial charge in [0, 0.05) is 13.2 Å².